The van der Waals surface area contributed by atoms with Gasteiger partial charge < -0.3 is 15.1 Å². The molecule has 0 aliphatic carbocycles. The molecule has 1 aliphatic heterocycles. The number of carbonyl (C=O) groups is 1. The van der Waals surface area contributed by atoms with Crippen LogP contribution in [0, 0.1) is 5.92 Å². The fourth-order valence-corrected chi connectivity index (χ4v) is 2.97. The molecule has 2 N–H and O–H groups in total. The second kappa shape index (κ2) is 6.50. The standard InChI is InChI=1S/C16H20N2O2.ClH/c1-11-6-7-18(13(8-11)10-17)16(19)15-9-12-4-2-3-5-14(12)20-15;/h2-5,9,11,13H,6-8,10,17H2,1H3;1H. The van der Waals surface area contributed by atoms with E-state index in [0.717, 1.165) is 30.4 Å². The Morgan fingerprint density at radius 2 is 2.19 bits per heavy atom. The Balaban J connectivity index is 0.00000161. The molecule has 0 spiro atoms. The lowest BCUT2D eigenvalue weighted by Gasteiger charge is -2.37. The second-order valence-corrected chi connectivity index (χ2v) is 5.67. The van der Waals surface area contributed by atoms with E-state index in [2.05, 4.69) is 6.92 Å². The van der Waals surface area contributed by atoms with Gasteiger partial charge in [0.05, 0.1) is 0 Å². The van der Waals surface area contributed by atoms with Crippen molar-refractivity contribution < 1.29 is 9.21 Å². The Bertz CT molecular complexity index is 593. The number of furan rings is 1. The highest BCUT2D eigenvalue weighted by Gasteiger charge is 2.31. The molecule has 1 amide bonds. The molecule has 21 heavy (non-hydrogen) atoms. The highest BCUT2D eigenvalue weighted by Crippen LogP contribution is 2.26. The van der Waals surface area contributed by atoms with Crippen LogP contribution in [-0.4, -0.2) is 29.9 Å². The molecule has 4 nitrogen and oxygen atoms in total. The molecule has 0 bridgehead atoms. The van der Waals surface area contributed by atoms with E-state index in [1.54, 1.807) is 0 Å². The number of rotatable bonds is 2. The zero-order chi connectivity index (χ0) is 14.1. The van der Waals surface area contributed by atoms with Gasteiger partial charge in [-0.1, -0.05) is 25.1 Å². The maximum atomic E-state index is 12.6. The molecule has 2 aromatic rings. The lowest BCUT2D eigenvalue weighted by molar-refractivity contribution is 0.0544. The lowest BCUT2D eigenvalue weighted by atomic mass is 9.92. The monoisotopic (exact) mass is 308 g/mol. The van der Waals surface area contributed by atoms with E-state index in [4.69, 9.17) is 10.2 Å². The van der Waals surface area contributed by atoms with Gasteiger partial charge in [-0.25, -0.2) is 0 Å². The highest BCUT2D eigenvalue weighted by molar-refractivity contribution is 5.96. The number of amides is 1. The number of hydrogen-bond acceptors (Lipinski definition) is 3. The first-order valence-corrected chi connectivity index (χ1v) is 7.18. The van der Waals surface area contributed by atoms with E-state index in [-0.39, 0.29) is 24.4 Å². The minimum absolute atomic E-state index is 0. The number of nitrogens with zero attached hydrogens (tertiary/aromatic N) is 1. The fraction of sp³-hybridized carbons (Fsp3) is 0.438. The Hall–Kier alpha value is -1.52. The van der Waals surface area contributed by atoms with Crippen LogP contribution in [0.3, 0.4) is 0 Å². The smallest absolute Gasteiger partial charge is 0.289 e. The first-order chi connectivity index (χ1) is 9.69. The summed E-state index contributed by atoms with van der Waals surface area (Å²) in [7, 11) is 0. The normalized spacial score (nSPS) is 22.1. The molecule has 0 radical (unpaired) electrons. The second-order valence-electron chi connectivity index (χ2n) is 5.67. The Morgan fingerprint density at radius 1 is 1.43 bits per heavy atom. The van der Waals surface area contributed by atoms with Crippen molar-refractivity contribution in [1.29, 1.82) is 0 Å². The Morgan fingerprint density at radius 3 is 2.90 bits per heavy atom. The molecule has 1 aromatic carbocycles. The van der Waals surface area contributed by atoms with E-state index >= 15 is 0 Å². The van der Waals surface area contributed by atoms with Crippen LogP contribution in [-0.2, 0) is 0 Å². The third kappa shape index (κ3) is 3.06. The SMILES string of the molecule is CC1CCN(C(=O)c2cc3ccccc3o2)C(CN)C1.Cl. The average Bonchev–Trinajstić information content (AvgIpc) is 2.90. The molecule has 1 saturated heterocycles. The highest BCUT2D eigenvalue weighted by atomic mass is 35.5. The van der Waals surface area contributed by atoms with Gasteiger partial charge in [-0.3, -0.25) is 4.79 Å². The number of likely N-dealkylation sites (tertiary alicyclic amines) is 1. The molecule has 2 unspecified atom stereocenters. The van der Waals surface area contributed by atoms with Crippen molar-refractivity contribution in [2.45, 2.75) is 25.8 Å². The molecule has 5 heteroatoms. The summed E-state index contributed by atoms with van der Waals surface area (Å²) in [6, 6.07) is 9.63. The number of para-hydroxylation sites is 1. The summed E-state index contributed by atoms with van der Waals surface area (Å²) < 4.78 is 5.67. The number of halogens is 1. The zero-order valence-electron chi connectivity index (χ0n) is 12.1. The predicted molar refractivity (Wildman–Crippen MR) is 85.7 cm³/mol. The third-order valence-electron chi connectivity index (χ3n) is 4.15. The maximum absolute atomic E-state index is 12.6. The van der Waals surface area contributed by atoms with Crippen molar-refractivity contribution in [3.8, 4) is 0 Å². The number of fused-ring (bicyclic) bond motifs is 1. The molecule has 114 valence electrons. The van der Waals surface area contributed by atoms with Crippen LogP contribution in [0.25, 0.3) is 11.0 Å². The number of hydrogen-bond donors (Lipinski definition) is 1. The van der Waals surface area contributed by atoms with Crippen molar-refractivity contribution in [2.75, 3.05) is 13.1 Å². The Labute approximate surface area is 130 Å². The van der Waals surface area contributed by atoms with Crippen molar-refractivity contribution in [2.24, 2.45) is 11.7 Å². The van der Waals surface area contributed by atoms with Crippen LogP contribution in [0.5, 0.6) is 0 Å². The average molecular weight is 309 g/mol. The van der Waals surface area contributed by atoms with Gasteiger partial charge in [0.15, 0.2) is 5.76 Å². The van der Waals surface area contributed by atoms with Crippen molar-refractivity contribution >= 4 is 29.3 Å². The van der Waals surface area contributed by atoms with Gasteiger partial charge in [0.1, 0.15) is 5.58 Å². The van der Waals surface area contributed by atoms with Gasteiger partial charge in [0, 0.05) is 24.5 Å². The summed E-state index contributed by atoms with van der Waals surface area (Å²) in [6.45, 7) is 3.49. The van der Waals surface area contributed by atoms with Gasteiger partial charge in [-0.15, -0.1) is 12.4 Å². The molecular weight excluding hydrogens is 288 g/mol. The third-order valence-corrected chi connectivity index (χ3v) is 4.15. The summed E-state index contributed by atoms with van der Waals surface area (Å²) in [5.41, 5.74) is 6.58. The molecule has 2 heterocycles. The molecular formula is C16H21ClN2O2. The minimum atomic E-state index is -0.0384. The fourth-order valence-electron chi connectivity index (χ4n) is 2.97. The lowest BCUT2D eigenvalue weighted by Crippen LogP contribution is -2.49. The number of carbonyl (C=O) groups excluding carboxylic acids is 1. The van der Waals surface area contributed by atoms with Crippen LogP contribution >= 0.6 is 12.4 Å². The summed E-state index contributed by atoms with van der Waals surface area (Å²) in [4.78, 5) is 14.5. The van der Waals surface area contributed by atoms with Crippen molar-refractivity contribution in [1.82, 2.24) is 4.90 Å². The molecule has 1 aliphatic rings. The van der Waals surface area contributed by atoms with Crippen molar-refractivity contribution in [3.63, 3.8) is 0 Å². The van der Waals surface area contributed by atoms with Gasteiger partial charge >= 0.3 is 0 Å². The first-order valence-electron chi connectivity index (χ1n) is 7.18. The molecule has 3 rings (SSSR count). The van der Waals surface area contributed by atoms with E-state index in [0.29, 0.717) is 18.2 Å². The first kappa shape index (κ1) is 15.9. The molecule has 2 atom stereocenters. The zero-order valence-corrected chi connectivity index (χ0v) is 12.9. The number of nitrogens with two attached hydrogens (primary N) is 1. The number of piperidine rings is 1. The van der Waals surface area contributed by atoms with Crippen LogP contribution in [0.2, 0.25) is 0 Å². The van der Waals surface area contributed by atoms with Gasteiger partial charge in [-0.2, -0.15) is 0 Å². The van der Waals surface area contributed by atoms with E-state index < -0.39 is 0 Å². The molecule has 0 saturated carbocycles. The van der Waals surface area contributed by atoms with E-state index in [9.17, 15) is 4.79 Å². The van der Waals surface area contributed by atoms with Gasteiger partial charge in [0.25, 0.3) is 5.91 Å². The molecule has 1 aromatic heterocycles. The minimum Gasteiger partial charge on any atom is -0.451 e. The number of benzene rings is 1. The summed E-state index contributed by atoms with van der Waals surface area (Å²) in [5, 5.41) is 0.963. The van der Waals surface area contributed by atoms with Crippen LogP contribution in [0.1, 0.15) is 30.3 Å². The van der Waals surface area contributed by atoms with E-state index in [1.807, 2.05) is 35.2 Å². The van der Waals surface area contributed by atoms with E-state index in [1.165, 1.54) is 0 Å². The van der Waals surface area contributed by atoms with Crippen LogP contribution in [0.15, 0.2) is 34.7 Å². The summed E-state index contributed by atoms with van der Waals surface area (Å²) in [5.74, 6) is 1.01. The predicted octanol–water partition coefficient (Wildman–Crippen LogP) is 3.05. The van der Waals surface area contributed by atoms with Gasteiger partial charge in [-0.05, 0) is 30.9 Å². The summed E-state index contributed by atoms with van der Waals surface area (Å²) >= 11 is 0. The Kier molecular flexibility index (Phi) is 4.91. The maximum Gasteiger partial charge on any atom is 0.289 e. The molecule has 1 fully saturated rings. The largest absolute Gasteiger partial charge is 0.451 e. The van der Waals surface area contributed by atoms with Crippen LogP contribution < -0.4 is 5.73 Å². The summed E-state index contributed by atoms with van der Waals surface area (Å²) in [6.07, 6.45) is 2.00. The van der Waals surface area contributed by atoms with Crippen LogP contribution in [0.4, 0.5) is 0 Å². The topological polar surface area (TPSA) is 59.5 Å². The van der Waals surface area contributed by atoms with Crippen molar-refractivity contribution in [3.05, 3.63) is 36.1 Å². The van der Waals surface area contributed by atoms with Gasteiger partial charge in [0.2, 0.25) is 0 Å². The quantitative estimate of drug-likeness (QED) is 0.927.